The molecule has 1 atom stereocenters. The predicted octanol–water partition coefficient (Wildman–Crippen LogP) is 6.12. The Bertz CT molecular complexity index is 2040. The van der Waals surface area contributed by atoms with Crippen LogP contribution in [0.25, 0.3) is 10.8 Å². The van der Waals surface area contributed by atoms with E-state index in [-0.39, 0.29) is 6.04 Å². The number of nitrogens with zero attached hydrogens (tertiary/aromatic N) is 4. The molecule has 3 aliphatic rings. The molecule has 5 aromatic rings. The zero-order valence-corrected chi connectivity index (χ0v) is 22.1. The monoisotopic (exact) mass is 532 g/mol. The molecule has 0 saturated carbocycles. The third kappa shape index (κ3) is 3.72. The van der Waals surface area contributed by atoms with Crippen LogP contribution in [0.15, 0.2) is 117 Å². The fourth-order valence-corrected chi connectivity index (χ4v) is 5.70. The van der Waals surface area contributed by atoms with Gasteiger partial charge in [-0.05, 0) is 12.5 Å². The third-order valence-electron chi connectivity index (χ3n) is 7.68. The molecule has 8 rings (SSSR count). The summed E-state index contributed by atoms with van der Waals surface area (Å²) in [6.07, 6.45) is 0. The molecular formula is C33H24N8. The molecule has 0 aliphatic carbocycles. The molecule has 0 saturated heterocycles. The average molecular weight is 533 g/mol. The van der Waals surface area contributed by atoms with Crippen molar-refractivity contribution in [3.05, 3.63) is 130 Å². The van der Waals surface area contributed by atoms with Crippen molar-refractivity contribution in [1.82, 2.24) is 15.6 Å². The Kier molecular flexibility index (Phi) is 5.08. The molecule has 4 aromatic carbocycles. The highest BCUT2D eigenvalue weighted by atomic mass is 15.1. The van der Waals surface area contributed by atoms with Crippen molar-refractivity contribution in [3.8, 4) is 0 Å². The van der Waals surface area contributed by atoms with Crippen molar-refractivity contribution in [1.29, 1.82) is 5.41 Å². The summed E-state index contributed by atoms with van der Waals surface area (Å²) in [6.45, 7) is 2.14. The van der Waals surface area contributed by atoms with Crippen molar-refractivity contribution < 1.29 is 0 Å². The number of aromatic nitrogens is 1. The molecule has 196 valence electrons. The molecule has 1 unspecified atom stereocenters. The van der Waals surface area contributed by atoms with Crippen LogP contribution in [0.2, 0.25) is 0 Å². The average Bonchev–Trinajstić information content (AvgIpc) is 3.73. The lowest BCUT2D eigenvalue weighted by atomic mass is 10.1. The summed E-state index contributed by atoms with van der Waals surface area (Å²) in [7, 11) is 0. The zero-order valence-electron chi connectivity index (χ0n) is 22.1. The van der Waals surface area contributed by atoms with E-state index >= 15 is 0 Å². The molecule has 4 N–H and O–H groups in total. The highest BCUT2D eigenvalue weighted by Gasteiger charge is 2.27. The maximum atomic E-state index is 8.30. The van der Waals surface area contributed by atoms with Crippen LogP contribution in [-0.2, 0) is 0 Å². The smallest absolute Gasteiger partial charge is 0.164 e. The van der Waals surface area contributed by atoms with Crippen LogP contribution in [0, 0.1) is 5.41 Å². The molecule has 0 radical (unpaired) electrons. The second-order valence-corrected chi connectivity index (χ2v) is 10.2. The van der Waals surface area contributed by atoms with Crippen molar-refractivity contribution >= 4 is 51.6 Å². The number of nitrogens with one attached hydrogen (secondary N) is 4. The number of fused-ring (bicyclic) bond motifs is 4. The maximum absolute atomic E-state index is 8.30. The standard InChI is InChI=1S/C33H24N8/c1-18-19-10-2-4-12-21(19)28(35-18)37-30-23-14-6-8-16-25(23)32(39-30)41-33-26-17-9-7-15-24(26)31(40-33)38-29-22-13-5-3-11-20(22)27(34)36-29/h2-18,39H,1H3,(H,35,37)(H2,34,36,38,40,41). The molecule has 0 fully saturated rings. The van der Waals surface area contributed by atoms with Crippen molar-refractivity contribution in [2.45, 2.75) is 13.0 Å². The molecule has 4 heterocycles. The number of aromatic amines is 1. The first-order chi connectivity index (χ1) is 20.1. The number of hydrogen-bond acceptors (Lipinski definition) is 4. The Hall–Kier alpha value is -5.63. The Balaban J connectivity index is 1.24. The number of hydrogen-bond donors (Lipinski definition) is 4. The molecule has 8 nitrogen and oxygen atoms in total. The van der Waals surface area contributed by atoms with Gasteiger partial charge in [-0.2, -0.15) is 0 Å². The Morgan fingerprint density at radius 2 is 1.24 bits per heavy atom. The maximum Gasteiger partial charge on any atom is 0.164 e. The van der Waals surface area contributed by atoms with Crippen LogP contribution in [0.4, 0.5) is 11.6 Å². The van der Waals surface area contributed by atoms with E-state index in [4.69, 9.17) is 25.4 Å². The fraction of sp³-hybridized carbons (Fsp3) is 0.0606. The van der Waals surface area contributed by atoms with Crippen LogP contribution in [-0.4, -0.2) is 34.2 Å². The highest BCUT2D eigenvalue weighted by molar-refractivity contribution is 6.30. The van der Waals surface area contributed by atoms with Crippen LogP contribution < -0.4 is 10.6 Å². The molecule has 41 heavy (non-hydrogen) atoms. The van der Waals surface area contributed by atoms with Gasteiger partial charge in [0, 0.05) is 38.6 Å². The lowest BCUT2D eigenvalue weighted by Gasteiger charge is -2.03. The van der Waals surface area contributed by atoms with E-state index in [2.05, 4.69) is 46.8 Å². The van der Waals surface area contributed by atoms with Crippen LogP contribution >= 0.6 is 0 Å². The summed E-state index contributed by atoms with van der Waals surface area (Å²) < 4.78 is 0. The highest BCUT2D eigenvalue weighted by Crippen LogP contribution is 2.36. The van der Waals surface area contributed by atoms with Gasteiger partial charge in [-0.25, -0.2) is 20.0 Å². The van der Waals surface area contributed by atoms with Crippen LogP contribution in [0.5, 0.6) is 0 Å². The minimum Gasteiger partial charge on any atom is -0.363 e. The largest absolute Gasteiger partial charge is 0.363 e. The van der Waals surface area contributed by atoms with Gasteiger partial charge in [-0.15, -0.1) is 0 Å². The predicted molar refractivity (Wildman–Crippen MR) is 165 cm³/mol. The number of H-pyrrole nitrogens is 1. The van der Waals surface area contributed by atoms with Crippen molar-refractivity contribution in [2.75, 3.05) is 0 Å². The van der Waals surface area contributed by atoms with E-state index in [9.17, 15) is 0 Å². The summed E-state index contributed by atoms with van der Waals surface area (Å²) in [5, 5.41) is 16.9. The first kappa shape index (κ1) is 23.3. The Morgan fingerprint density at radius 1 is 0.634 bits per heavy atom. The van der Waals surface area contributed by atoms with Gasteiger partial charge in [0.1, 0.15) is 29.1 Å². The molecule has 0 amide bonds. The van der Waals surface area contributed by atoms with E-state index in [1.54, 1.807) is 0 Å². The van der Waals surface area contributed by atoms with E-state index in [0.29, 0.717) is 29.2 Å². The van der Waals surface area contributed by atoms with E-state index in [1.165, 1.54) is 5.56 Å². The zero-order chi connectivity index (χ0) is 27.5. The fourth-order valence-electron chi connectivity index (χ4n) is 5.70. The van der Waals surface area contributed by atoms with Gasteiger partial charge in [0.05, 0.1) is 6.04 Å². The van der Waals surface area contributed by atoms with Gasteiger partial charge in [0.15, 0.2) is 11.7 Å². The van der Waals surface area contributed by atoms with E-state index in [0.717, 1.165) is 50.2 Å². The molecule has 8 heteroatoms. The molecule has 3 aliphatic heterocycles. The molecule has 0 spiro atoms. The minimum atomic E-state index is 0.195. The minimum absolute atomic E-state index is 0.195. The summed E-state index contributed by atoms with van der Waals surface area (Å²) >= 11 is 0. The summed E-state index contributed by atoms with van der Waals surface area (Å²) in [4.78, 5) is 23.2. The van der Waals surface area contributed by atoms with Gasteiger partial charge < -0.3 is 15.6 Å². The normalized spacial score (nSPS) is 19.8. The number of amidine groups is 5. The SMILES string of the molecule is CC1NC(=Nc2[nH]c(N=C3N=C(N=C4NC(=N)c5ccccc54)c4ccccc43)c3ccccc23)c2ccccc21. The quantitative estimate of drug-likeness (QED) is 0.219. The number of benzene rings is 4. The lowest BCUT2D eigenvalue weighted by Crippen LogP contribution is -2.22. The number of aliphatic imine (C=N–C) groups is 4. The topological polar surface area (TPSA) is 113 Å². The molecule has 1 aromatic heterocycles. The summed E-state index contributed by atoms with van der Waals surface area (Å²) in [5.74, 6) is 4.36. The van der Waals surface area contributed by atoms with Crippen molar-refractivity contribution in [2.24, 2.45) is 20.0 Å². The second kappa shape index (κ2) is 8.96. The second-order valence-electron chi connectivity index (χ2n) is 10.2. The van der Waals surface area contributed by atoms with Gasteiger partial charge in [-0.3, -0.25) is 5.41 Å². The van der Waals surface area contributed by atoms with Crippen molar-refractivity contribution in [3.63, 3.8) is 0 Å². The van der Waals surface area contributed by atoms with E-state index in [1.807, 2.05) is 72.8 Å². The van der Waals surface area contributed by atoms with Gasteiger partial charge >= 0.3 is 0 Å². The third-order valence-corrected chi connectivity index (χ3v) is 7.68. The Labute approximate surface area is 235 Å². The Morgan fingerprint density at radius 3 is 2.02 bits per heavy atom. The van der Waals surface area contributed by atoms with E-state index < -0.39 is 0 Å². The van der Waals surface area contributed by atoms with Gasteiger partial charge in [0.2, 0.25) is 0 Å². The summed E-state index contributed by atoms with van der Waals surface area (Å²) in [6, 6.07) is 32.4. The molecular weight excluding hydrogens is 508 g/mol. The first-order valence-electron chi connectivity index (χ1n) is 13.5. The molecule has 0 bridgehead atoms. The van der Waals surface area contributed by atoms with Crippen LogP contribution in [0.3, 0.4) is 0 Å². The number of rotatable bonds is 2. The van der Waals surface area contributed by atoms with Gasteiger partial charge in [0.25, 0.3) is 0 Å². The lowest BCUT2D eigenvalue weighted by molar-refractivity contribution is 0.747. The summed E-state index contributed by atoms with van der Waals surface area (Å²) in [5.41, 5.74) is 5.86. The first-order valence-corrected chi connectivity index (χ1v) is 13.5. The van der Waals surface area contributed by atoms with Crippen LogP contribution in [0.1, 0.15) is 46.3 Å². The van der Waals surface area contributed by atoms with Gasteiger partial charge in [-0.1, -0.05) is 97.1 Å².